The number of nitrogens with zero attached hydrogens (tertiary/aromatic N) is 3. The van der Waals surface area contributed by atoms with Crippen LogP contribution in [0.5, 0.6) is 0 Å². The predicted octanol–water partition coefficient (Wildman–Crippen LogP) is 1.51. The Labute approximate surface area is 111 Å². The molecule has 0 fully saturated rings. The van der Waals surface area contributed by atoms with Crippen LogP contribution in [-0.4, -0.2) is 32.6 Å². The van der Waals surface area contributed by atoms with Gasteiger partial charge in [-0.2, -0.15) is 0 Å². The zero-order valence-corrected chi connectivity index (χ0v) is 11.3. The monoisotopic (exact) mass is 366 g/mol. The Balaban J connectivity index is 2.54. The number of aromatic nitrogens is 3. The predicted molar refractivity (Wildman–Crippen MR) is 63.5 cm³/mol. The topological polar surface area (TPSA) is 80.0 Å². The summed E-state index contributed by atoms with van der Waals surface area (Å²) in [6, 6.07) is 0. The molecule has 0 saturated carbocycles. The Morgan fingerprint density at radius 1 is 1.47 bits per heavy atom. The number of aliphatic carboxylic acids is 1. The van der Waals surface area contributed by atoms with Crippen LogP contribution in [0.3, 0.4) is 0 Å². The van der Waals surface area contributed by atoms with Gasteiger partial charge >= 0.3 is 5.97 Å². The second-order valence-electron chi connectivity index (χ2n) is 3.08. The molecule has 0 amide bonds. The zero-order chi connectivity index (χ0) is 12.6. The van der Waals surface area contributed by atoms with Crippen molar-refractivity contribution in [3.63, 3.8) is 0 Å². The molecular weight excluding hydrogens is 363 g/mol. The van der Waals surface area contributed by atoms with Crippen molar-refractivity contribution in [1.29, 1.82) is 0 Å². The Morgan fingerprint density at radius 2 is 2.06 bits per heavy atom. The van der Waals surface area contributed by atoms with Gasteiger partial charge in [0.1, 0.15) is 11.4 Å². The maximum Gasteiger partial charge on any atom is 0.339 e. The molecule has 9 heteroatoms. The summed E-state index contributed by atoms with van der Waals surface area (Å²) in [5, 5.41) is 19.4. The molecular formula is C8H5Br2FN4O2. The average Bonchev–Trinajstić information content (AvgIpc) is 2.59. The van der Waals surface area contributed by atoms with Gasteiger partial charge in [-0.25, -0.2) is 9.18 Å². The van der Waals surface area contributed by atoms with Gasteiger partial charge in [-0.15, -0.1) is 15.0 Å². The van der Waals surface area contributed by atoms with Crippen molar-refractivity contribution in [2.75, 3.05) is 6.54 Å². The fraction of sp³-hybridized carbons (Fsp3) is 0.125. The van der Waals surface area contributed by atoms with Crippen molar-refractivity contribution in [2.45, 2.75) is 0 Å². The van der Waals surface area contributed by atoms with Crippen molar-refractivity contribution >= 4 is 43.7 Å². The highest BCUT2D eigenvalue weighted by Gasteiger charge is 2.22. The van der Waals surface area contributed by atoms with Gasteiger partial charge in [0.25, 0.3) is 0 Å². The molecule has 2 N–H and O–H groups in total. The van der Waals surface area contributed by atoms with Gasteiger partial charge in [0.2, 0.25) is 0 Å². The SMILES string of the molecule is O=C(O)C1=C(n2nc(Br)c(Br)n2)NCC(F)=C1. The van der Waals surface area contributed by atoms with Crippen LogP contribution >= 0.6 is 31.9 Å². The Bertz CT molecular complexity index is 532. The first-order chi connectivity index (χ1) is 7.99. The number of dihydropyridines is 1. The number of halogens is 3. The Kier molecular flexibility index (Phi) is 3.29. The summed E-state index contributed by atoms with van der Waals surface area (Å²) >= 11 is 6.25. The molecule has 1 aliphatic heterocycles. The number of hydrogen-bond donors (Lipinski definition) is 2. The summed E-state index contributed by atoms with van der Waals surface area (Å²) in [6.45, 7) is -0.0944. The molecule has 0 aliphatic carbocycles. The molecule has 17 heavy (non-hydrogen) atoms. The summed E-state index contributed by atoms with van der Waals surface area (Å²) in [7, 11) is 0. The van der Waals surface area contributed by atoms with Gasteiger partial charge < -0.3 is 10.4 Å². The maximum absolute atomic E-state index is 13.0. The molecule has 0 radical (unpaired) electrons. The highest BCUT2D eigenvalue weighted by atomic mass is 79.9. The third-order valence-electron chi connectivity index (χ3n) is 1.95. The number of hydrogen-bond acceptors (Lipinski definition) is 4. The Hall–Kier alpha value is -1.22. The normalized spacial score (nSPS) is 15.6. The van der Waals surface area contributed by atoms with Gasteiger partial charge in [-0.1, -0.05) is 0 Å². The molecule has 0 saturated heterocycles. The second-order valence-corrected chi connectivity index (χ2v) is 4.59. The smallest absolute Gasteiger partial charge is 0.339 e. The van der Waals surface area contributed by atoms with E-state index < -0.39 is 11.8 Å². The van der Waals surface area contributed by atoms with Gasteiger partial charge in [0, 0.05) is 0 Å². The molecule has 2 heterocycles. The van der Waals surface area contributed by atoms with Crippen molar-refractivity contribution in [1.82, 2.24) is 20.3 Å². The number of carboxylic acid groups (broad SMARTS) is 1. The quantitative estimate of drug-likeness (QED) is 0.828. The van der Waals surface area contributed by atoms with Crippen LogP contribution in [0.2, 0.25) is 0 Å². The molecule has 0 bridgehead atoms. The number of carbonyl (C=O) groups is 1. The minimum atomic E-state index is -1.26. The summed E-state index contributed by atoms with van der Waals surface area (Å²) in [5.74, 6) is -1.70. The number of carboxylic acids is 1. The van der Waals surface area contributed by atoms with E-state index in [1.54, 1.807) is 0 Å². The van der Waals surface area contributed by atoms with Gasteiger partial charge in [-0.3, -0.25) is 0 Å². The van der Waals surface area contributed by atoms with E-state index in [1.807, 2.05) is 0 Å². The summed E-state index contributed by atoms with van der Waals surface area (Å²) in [5.41, 5.74) is -0.233. The molecule has 1 aromatic rings. The van der Waals surface area contributed by atoms with E-state index in [-0.39, 0.29) is 17.9 Å². The van der Waals surface area contributed by atoms with Crippen LogP contribution in [0.25, 0.3) is 5.82 Å². The first kappa shape index (κ1) is 12.2. The van der Waals surface area contributed by atoms with Gasteiger partial charge in [0.15, 0.2) is 15.0 Å². The molecule has 0 unspecified atom stereocenters. The third-order valence-corrected chi connectivity index (χ3v) is 3.55. The molecule has 90 valence electrons. The standard InChI is InChI=1S/C8H5Br2FN4O2/c9-5-6(10)14-15(13-5)7-4(8(16)17)1-3(11)2-12-7/h1,12H,2H2,(H,16,17). The molecule has 1 aromatic heterocycles. The summed E-state index contributed by atoms with van der Waals surface area (Å²) < 4.78 is 13.8. The van der Waals surface area contributed by atoms with Crippen LogP contribution in [0, 0.1) is 0 Å². The van der Waals surface area contributed by atoms with Crippen LogP contribution < -0.4 is 5.32 Å². The van der Waals surface area contributed by atoms with Crippen molar-refractivity contribution in [3.05, 3.63) is 26.7 Å². The highest BCUT2D eigenvalue weighted by molar-refractivity contribution is 9.13. The lowest BCUT2D eigenvalue weighted by Gasteiger charge is -2.15. The Morgan fingerprint density at radius 3 is 2.59 bits per heavy atom. The molecule has 0 atom stereocenters. The first-order valence-corrected chi connectivity index (χ1v) is 5.94. The summed E-state index contributed by atoms with van der Waals surface area (Å²) in [6.07, 6.45) is 0.944. The van der Waals surface area contributed by atoms with Crippen molar-refractivity contribution < 1.29 is 14.3 Å². The fourth-order valence-corrected chi connectivity index (χ4v) is 1.71. The molecule has 1 aliphatic rings. The third kappa shape index (κ3) is 2.39. The van der Waals surface area contributed by atoms with E-state index in [4.69, 9.17) is 5.11 Å². The van der Waals surface area contributed by atoms with Crippen molar-refractivity contribution in [3.8, 4) is 0 Å². The van der Waals surface area contributed by atoms with E-state index in [9.17, 15) is 9.18 Å². The largest absolute Gasteiger partial charge is 0.478 e. The van der Waals surface area contributed by atoms with E-state index in [0.717, 1.165) is 10.9 Å². The van der Waals surface area contributed by atoms with Crippen LogP contribution in [0.15, 0.2) is 26.7 Å². The van der Waals surface area contributed by atoms with Crippen LogP contribution in [0.1, 0.15) is 0 Å². The first-order valence-electron chi connectivity index (χ1n) is 4.35. The number of nitrogens with one attached hydrogen (secondary N) is 1. The lowest BCUT2D eigenvalue weighted by Crippen LogP contribution is -2.27. The molecule has 6 nitrogen and oxygen atoms in total. The molecule has 0 aromatic carbocycles. The van der Waals surface area contributed by atoms with E-state index in [2.05, 4.69) is 47.4 Å². The van der Waals surface area contributed by atoms with Crippen molar-refractivity contribution in [2.24, 2.45) is 0 Å². The van der Waals surface area contributed by atoms with E-state index >= 15 is 0 Å². The van der Waals surface area contributed by atoms with Crippen LogP contribution in [0.4, 0.5) is 4.39 Å². The minimum Gasteiger partial charge on any atom is -0.478 e. The second kappa shape index (κ2) is 4.57. The maximum atomic E-state index is 13.0. The highest BCUT2D eigenvalue weighted by Crippen LogP contribution is 2.21. The fourth-order valence-electron chi connectivity index (χ4n) is 1.25. The van der Waals surface area contributed by atoms with E-state index in [1.165, 1.54) is 0 Å². The van der Waals surface area contributed by atoms with Crippen LogP contribution in [-0.2, 0) is 4.79 Å². The lowest BCUT2D eigenvalue weighted by atomic mass is 10.2. The molecule has 2 rings (SSSR count). The average molecular weight is 368 g/mol. The minimum absolute atomic E-state index is 0.0944. The zero-order valence-electron chi connectivity index (χ0n) is 8.12. The van der Waals surface area contributed by atoms with Gasteiger partial charge in [0.05, 0.1) is 6.54 Å². The van der Waals surface area contributed by atoms with Gasteiger partial charge in [-0.05, 0) is 37.9 Å². The molecule has 0 spiro atoms. The lowest BCUT2D eigenvalue weighted by molar-refractivity contribution is -0.132. The van der Waals surface area contributed by atoms with E-state index in [0.29, 0.717) is 9.21 Å². The number of rotatable bonds is 2. The summed E-state index contributed by atoms with van der Waals surface area (Å²) in [4.78, 5) is 12.1.